The first-order chi connectivity index (χ1) is 17.2. The van der Waals surface area contributed by atoms with E-state index in [4.69, 9.17) is 9.47 Å². The number of rotatable bonds is 10. The molecule has 0 bridgehead atoms. The highest BCUT2D eigenvalue weighted by Gasteiger charge is 2.39. The maximum atomic E-state index is 13.5. The first kappa shape index (κ1) is 29.0. The summed E-state index contributed by atoms with van der Waals surface area (Å²) in [6.45, 7) is 3.00. The second-order valence-corrected chi connectivity index (χ2v) is 10.0. The Balaban J connectivity index is 0.00000380. The molecule has 9 heteroatoms. The van der Waals surface area contributed by atoms with Gasteiger partial charge >= 0.3 is 12.1 Å². The summed E-state index contributed by atoms with van der Waals surface area (Å²) < 4.78 is 51.8. The number of benzene rings is 2. The van der Waals surface area contributed by atoms with Gasteiger partial charge in [-0.15, -0.1) is 0 Å². The van der Waals surface area contributed by atoms with Gasteiger partial charge in [0.15, 0.2) is 0 Å². The Morgan fingerprint density at radius 2 is 1.78 bits per heavy atom. The van der Waals surface area contributed by atoms with Crippen LogP contribution in [0, 0.1) is 11.8 Å². The fourth-order valence-electron chi connectivity index (χ4n) is 5.10. The third-order valence-electron chi connectivity index (χ3n) is 7.51. The normalized spacial score (nSPS) is 18.0. The van der Waals surface area contributed by atoms with Crippen molar-refractivity contribution < 1.29 is 32.5 Å². The fraction of sp³-hybridized carbons (Fsp3) is 0.536. The molecule has 1 saturated heterocycles. The number of hydrogen-bond donors (Lipinski definition) is 1. The summed E-state index contributed by atoms with van der Waals surface area (Å²) in [6.07, 6.45) is -0.434. The van der Waals surface area contributed by atoms with Gasteiger partial charge in [0.25, 0.3) is 0 Å². The lowest BCUT2D eigenvalue weighted by Gasteiger charge is -2.36. The van der Waals surface area contributed by atoms with Crippen molar-refractivity contribution in [1.29, 1.82) is 0 Å². The lowest BCUT2D eigenvalue weighted by molar-refractivity contribution is -0.146. The molecule has 1 aliphatic heterocycles. The van der Waals surface area contributed by atoms with Crippen molar-refractivity contribution in [3.63, 3.8) is 0 Å². The highest BCUT2D eigenvalue weighted by Crippen LogP contribution is 2.45. The number of alkyl halides is 3. The smallest absolute Gasteiger partial charge is 0.395 e. The van der Waals surface area contributed by atoms with Crippen molar-refractivity contribution in [3.05, 3.63) is 53.6 Å². The molecule has 0 spiro atoms. The van der Waals surface area contributed by atoms with Gasteiger partial charge < -0.3 is 19.5 Å². The van der Waals surface area contributed by atoms with E-state index in [-0.39, 0.29) is 37.3 Å². The molecule has 1 saturated carbocycles. The average Bonchev–Trinajstić information content (AvgIpc) is 3.70. The molecular weight excluding hydrogens is 503 g/mol. The zero-order chi connectivity index (χ0) is 25.9. The van der Waals surface area contributed by atoms with E-state index in [1.165, 1.54) is 20.1 Å². The van der Waals surface area contributed by atoms with Gasteiger partial charge in [0.2, 0.25) is 0 Å². The predicted molar refractivity (Wildman–Crippen MR) is 142 cm³/mol. The van der Waals surface area contributed by atoms with Crippen LogP contribution in [0.1, 0.15) is 62.0 Å². The summed E-state index contributed by atoms with van der Waals surface area (Å²) in [6, 6.07) is 12.6. The average molecular weight is 540 g/mol. The highest BCUT2D eigenvalue weighted by molar-refractivity contribution is 7.59. The first-order valence-electron chi connectivity index (χ1n) is 12.6. The molecule has 2 aliphatic rings. The molecule has 0 aromatic heterocycles. The number of hydrogen-bond acceptors (Lipinski definition) is 4. The van der Waals surface area contributed by atoms with Crippen molar-refractivity contribution in [2.24, 2.45) is 11.8 Å². The third kappa shape index (κ3) is 7.49. The maximum absolute atomic E-state index is 13.5. The largest absolute Gasteiger partial charge is 0.497 e. The van der Waals surface area contributed by atoms with E-state index in [1.54, 1.807) is 12.1 Å². The molecule has 5 nitrogen and oxygen atoms in total. The summed E-state index contributed by atoms with van der Waals surface area (Å²) in [5.41, 5.74) is 1.86. The van der Waals surface area contributed by atoms with Crippen LogP contribution in [0.5, 0.6) is 11.5 Å². The lowest BCUT2D eigenvalue weighted by atomic mass is 9.91. The van der Waals surface area contributed by atoms with Gasteiger partial charge in [-0.1, -0.05) is 18.2 Å². The molecule has 0 amide bonds. The van der Waals surface area contributed by atoms with Crippen LogP contribution in [0.15, 0.2) is 42.5 Å². The Hall–Kier alpha value is -2.55. The molecule has 2 aromatic carbocycles. The zero-order valence-corrected chi connectivity index (χ0v) is 22.3. The monoisotopic (exact) mass is 539 g/mol. The van der Waals surface area contributed by atoms with Crippen LogP contribution in [0.25, 0.3) is 0 Å². The fourth-order valence-corrected chi connectivity index (χ4v) is 5.10. The molecule has 204 valence electrons. The Kier molecular flexibility index (Phi) is 9.67. The number of nitrogens with zero attached hydrogens (tertiary/aromatic N) is 1. The van der Waals surface area contributed by atoms with Gasteiger partial charge in [-0.2, -0.15) is 26.7 Å². The standard InChI is InChI=1S/C28H34F3NO4.H2S/c1-18(28(29,30)31)24-9-8-22(35-2)15-26(24)32-12-10-19(11-13-32)17-36-23-5-3-4-21(14-23)25(16-27(33)34)20-6-7-20;/h3-5,8-9,14-15,18-20,25H,6-7,10-13,16-17H2,1-2H3,(H,33,34);1H2/t18?,25-;/m0./s1. The van der Waals surface area contributed by atoms with Crippen molar-refractivity contribution in [3.8, 4) is 11.5 Å². The summed E-state index contributed by atoms with van der Waals surface area (Å²) in [4.78, 5) is 13.3. The van der Waals surface area contributed by atoms with Crippen LogP contribution >= 0.6 is 13.5 Å². The molecule has 0 radical (unpaired) electrons. The Morgan fingerprint density at radius 1 is 1.08 bits per heavy atom. The number of ether oxygens (including phenoxy) is 2. The Labute approximate surface area is 223 Å². The number of piperidine rings is 1. The minimum absolute atomic E-state index is 0. The molecule has 2 aromatic rings. The highest BCUT2D eigenvalue weighted by atomic mass is 32.1. The molecule has 2 atom stereocenters. The third-order valence-corrected chi connectivity index (χ3v) is 7.51. The van der Waals surface area contributed by atoms with Crippen LogP contribution in [0.3, 0.4) is 0 Å². The number of carboxylic acid groups (broad SMARTS) is 1. The van der Waals surface area contributed by atoms with E-state index in [0.717, 1.165) is 37.0 Å². The van der Waals surface area contributed by atoms with Gasteiger partial charge in [0.05, 0.1) is 26.1 Å². The number of carbonyl (C=O) groups is 1. The summed E-state index contributed by atoms with van der Waals surface area (Å²) >= 11 is 0. The minimum atomic E-state index is -4.31. The first-order valence-corrected chi connectivity index (χ1v) is 12.6. The van der Waals surface area contributed by atoms with Gasteiger partial charge in [0, 0.05) is 24.8 Å². The van der Waals surface area contributed by atoms with Gasteiger partial charge in [0.1, 0.15) is 11.5 Å². The summed E-state index contributed by atoms with van der Waals surface area (Å²) in [5, 5.41) is 9.29. The van der Waals surface area contributed by atoms with Crippen molar-refractivity contribution in [1.82, 2.24) is 0 Å². The number of carboxylic acids is 1. The molecule has 1 N–H and O–H groups in total. The number of methoxy groups -OCH3 is 1. The summed E-state index contributed by atoms with van der Waals surface area (Å²) in [5.74, 6) is -0.327. The maximum Gasteiger partial charge on any atom is 0.395 e. The second-order valence-electron chi connectivity index (χ2n) is 10.0. The molecule has 1 unspecified atom stereocenters. The van der Waals surface area contributed by atoms with Crippen LogP contribution in [0.4, 0.5) is 18.9 Å². The topological polar surface area (TPSA) is 59.0 Å². The Morgan fingerprint density at radius 3 is 2.38 bits per heavy atom. The van der Waals surface area contributed by atoms with E-state index in [0.29, 0.717) is 37.1 Å². The SMILES string of the molecule is COc1ccc(C(C)C(F)(F)F)c(N2CCC(COc3cccc([C@@H](CC(=O)O)C4CC4)c3)CC2)c1.S. The molecule has 1 aliphatic carbocycles. The van der Waals surface area contributed by atoms with E-state index < -0.39 is 18.1 Å². The number of anilines is 1. The predicted octanol–water partition coefficient (Wildman–Crippen LogP) is 6.74. The van der Waals surface area contributed by atoms with E-state index >= 15 is 0 Å². The van der Waals surface area contributed by atoms with Gasteiger partial charge in [-0.25, -0.2) is 0 Å². The zero-order valence-electron chi connectivity index (χ0n) is 21.3. The van der Waals surface area contributed by atoms with Crippen LogP contribution in [-0.4, -0.2) is 44.1 Å². The number of aliphatic carboxylic acids is 1. The van der Waals surface area contributed by atoms with E-state index in [9.17, 15) is 23.1 Å². The lowest BCUT2D eigenvalue weighted by Crippen LogP contribution is -2.36. The van der Waals surface area contributed by atoms with E-state index in [2.05, 4.69) is 0 Å². The van der Waals surface area contributed by atoms with Crippen molar-refractivity contribution in [2.75, 3.05) is 31.7 Å². The quantitative estimate of drug-likeness (QED) is 0.363. The van der Waals surface area contributed by atoms with Gasteiger partial charge in [-0.05, 0) is 79.7 Å². The van der Waals surface area contributed by atoms with Crippen molar-refractivity contribution >= 4 is 25.2 Å². The number of halogens is 3. The molecule has 2 fully saturated rings. The van der Waals surface area contributed by atoms with Crippen LogP contribution < -0.4 is 14.4 Å². The molecule has 37 heavy (non-hydrogen) atoms. The van der Waals surface area contributed by atoms with E-state index in [1.807, 2.05) is 29.2 Å². The van der Waals surface area contributed by atoms with Crippen molar-refractivity contribution in [2.45, 2.75) is 57.0 Å². The minimum Gasteiger partial charge on any atom is -0.497 e. The molecule has 1 heterocycles. The Bertz CT molecular complexity index is 1050. The summed E-state index contributed by atoms with van der Waals surface area (Å²) in [7, 11) is 1.51. The molecule has 4 rings (SSSR count). The van der Waals surface area contributed by atoms with Crippen LogP contribution in [-0.2, 0) is 4.79 Å². The van der Waals surface area contributed by atoms with Gasteiger partial charge in [-0.3, -0.25) is 4.79 Å². The van der Waals surface area contributed by atoms with Crippen LogP contribution in [0.2, 0.25) is 0 Å². The second kappa shape index (κ2) is 12.3. The molecular formula is C28H36F3NO4S.